The molecule has 23 heavy (non-hydrogen) atoms. The normalized spacial score (nSPS) is 12.0. The summed E-state index contributed by atoms with van der Waals surface area (Å²) in [5.74, 6) is 0.360. The molecule has 4 rings (SSSR count). The van der Waals surface area contributed by atoms with Gasteiger partial charge in [0.15, 0.2) is 5.65 Å². The van der Waals surface area contributed by atoms with Gasteiger partial charge in [-0.15, -0.1) is 10.2 Å². The quantitative estimate of drug-likeness (QED) is 0.449. The molecule has 0 radical (unpaired) electrons. The van der Waals surface area contributed by atoms with E-state index in [2.05, 4.69) is 30.7 Å². The van der Waals surface area contributed by atoms with Gasteiger partial charge in [-0.3, -0.25) is 0 Å². The Bertz CT molecular complexity index is 1000. The number of hydrogen-bond acceptors (Lipinski definition) is 5. The summed E-state index contributed by atoms with van der Waals surface area (Å²) in [5.41, 5.74) is 7.20. The molecule has 0 saturated carbocycles. The van der Waals surface area contributed by atoms with Crippen LogP contribution in [0.5, 0.6) is 0 Å². The number of hydrogen-bond donors (Lipinski definition) is 2. The summed E-state index contributed by atoms with van der Waals surface area (Å²) in [6, 6.07) is 17.8. The first-order valence-corrected chi connectivity index (χ1v) is 7.28. The molecule has 2 aromatic carbocycles. The number of benzene rings is 2. The number of aromatic nitrogens is 4. The fraction of sp³-hybridized carbons (Fsp3) is 0.0588. The minimum Gasteiger partial charge on any atom is -0.338 e. The van der Waals surface area contributed by atoms with E-state index in [-0.39, 0.29) is 0 Å². The van der Waals surface area contributed by atoms with Crippen molar-refractivity contribution < 1.29 is 0 Å². The minimum absolute atomic E-state index is 0.360. The van der Waals surface area contributed by atoms with Crippen LogP contribution in [0.1, 0.15) is 12.5 Å². The van der Waals surface area contributed by atoms with E-state index in [0.717, 1.165) is 27.7 Å². The van der Waals surface area contributed by atoms with Crippen molar-refractivity contribution in [2.45, 2.75) is 6.92 Å². The highest BCUT2D eigenvalue weighted by Crippen LogP contribution is 2.21. The first-order valence-electron chi connectivity index (χ1n) is 7.28. The van der Waals surface area contributed by atoms with Crippen molar-refractivity contribution in [3.05, 3.63) is 60.2 Å². The van der Waals surface area contributed by atoms with Crippen molar-refractivity contribution in [2.75, 3.05) is 5.43 Å². The van der Waals surface area contributed by atoms with Gasteiger partial charge in [0.2, 0.25) is 0 Å². The van der Waals surface area contributed by atoms with Crippen LogP contribution in [0.4, 0.5) is 5.95 Å². The fourth-order valence-corrected chi connectivity index (χ4v) is 2.45. The Morgan fingerprint density at radius 3 is 2.65 bits per heavy atom. The number of anilines is 1. The number of H-pyrrole nitrogens is 1. The number of aromatic amines is 1. The Hall–Kier alpha value is -3.28. The lowest BCUT2D eigenvalue weighted by molar-refractivity contribution is 1.01. The van der Waals surface area contributed by atoms with Crippen LogP contribution in [0.15, 0.2) is 59.7 Å². The molecule has 112 valence electrons. The molecule has 0 aliphatic carbocycles. The number of para-hydroxylation sites is 1. The topological polar surface area (TPSA) is 78.8 Å². The summed E-state index contributed by atoms with van der Waals surface area (Å²) in [6.45, 7) is 1.93. The third kappa shape index (κ3) is 2.50. The molecule has 0 unspecified atom stereocenters. The lowest BCUT2D eigenvalue weighted by Crippen LogP contribution is -2.03. The highest BCUT2D eigenvalue weighted by atomic mass is 15.4. The molecule has 0 aliphatic rings. The molecular weight excluding hydrogens is 288 g/mol. The summed E-state index contributed by atoms with van der Waals surface area (Å²) in [6.07, 6.45) is 0. The zero-order valence-electron chi connectivity index (χ0n) is 12.5. The molecule has 2 aromatic heterocycles. The molecule has 0 spiro atoms. The number of fused-ring (bicyclic) bond motifs is 3. The monoisotopic (exact) mass is 302 g/mol. The Morgan fingerprint density at radius 1 is 1.00 bits per heavy atom. The standard InChI is InChI=1S/C17H14N6/c1-11(12-7-3-2-4-8-12)20-22-17-19-16-15(21-23-17)13-9-5-6-10-14(13)18-16/h2-10H,1H3,(H2,18,19,22,23)/b20-11+. The number of nitrogens with zero attached hydrogens (tertiary/aromatic N) is 4. The molecule has 0 saturated heterocycles. The maximum atomic E-state index is 4.43. The van der Waals surface area contributed by atoms with E-state index >= 15 is 0 Å². The number of nitrogens with one attached hydrogen (secondary N) is 2. The van der Waals surface area contributed by atoms with Crippen LogP contribution in [0, 0.1) is 0 Å². The molecular formula is C17H14N6. The summed E-state index contributed by atoms with van der Waals surface area (Å²) >= 11 is 0. The molecule has 0 atom stereocenters. The van der Waals surface area contributed by atoms with E-state index < -0.39 is 0 Å². The van der Waals surface area contributed by atoms with Gasteiger partial charge in [-0.1, -0.05) is 48.5 Å². The molecule has 4 aromatic rings. The second-order valence-electron chi connectivity index (χ2n) is 5.18. The predicted molar refractivity (Wildman–Crippen MR) is 91.5 cm³/mol. The van der Waals surface area contributed by atoms with Gasteiger partial charge < -0.3 is 4.98 Å². The minimum atomic E-state index is 0.360. The second kappa shape index (κ2) is 5.49. The summed E-state index contributed by atoms with van der Waals surface area (Å²) < 4.78 is 0. The van der Waals surface area contributed by atoms with Crippen molar-refractivity contribution in [1.82, 2.24) is 20.2 Å². The van der Waals surface area contributed by atoms with Gasteiger partial charge in [0.05, 0.1) is 5.71 Å². The maximum absolute atomic E-state index is 4.43. The first-order chi connectivity index (χ1) is 11.3. The smallest absolute Gasteiger partial charge is 0.265 e. The molecule has 2 heterocycles. The lowest BCUT2D eigenvalue weighted by Gasteiger charge is -2.01. The first kappa shape index (κ1) is 13.4. The molecule has 6 nitrogen and oxygen atoms in total. The van der Waals surface area contributed by atoms with Crippen LogP contribution in [0.25, 0.3) is 22.1 Å². The Labute approximate surface area is 132 Å². The summed E-state index contributed by atoms with van der Waals surface area (Å²) in [7, 11) is 0. The molecule has 6 heteroatoms. The SMILES string of the molecule is C/C(=N\Nc1nnc2c(n1)[nH]c1ccccc12)c1ccccc1. The van der Waals surface area contributed by atoms with E-state index in [4.69, 9.17) is 0 Å². The highest BCUT2D eigenvalue weighted by Gasteiger charge is 2.08. The van der Waals surface area contributed by atoms with Crippen molar-refractivity contribution in [3.8, 4) is 0 Å². The van der Waals surface area contributed by atoms with E-state index in [1.165, 1.54) is 0 Å². The van der Waals surface area contributed by atoms with Gasteiger partial charge in [0.1, 0.15) is 5.52 Å². The Kier molecular flexibility index (Phi) is 3.20. The molecule has 0 fully saturated rings. The van der Waals surface area contributed by atoms with Gasteiger partial charge in [-0.2, -0.15) is 10.1 Å². The van der Waals surface area contributed by atoms with Crippen molar-refractivity contribution in [2.24, 2.45) is 5.10 Å². The average Bonchev–Trinajstić information content (AvgIpc) is 2.98. The number of hydrazone groups is 1. The largest absolute Gasteiger partial charge is 0.338 e. The van der Waals surface area contributed by atoms with Crippen LogP contribution < -0.4 is 5.43 Å². The lowest BCUT2D eigenvalue weighted by atomic mass is 10.1. The van der Waals surface area contributed by atoms with Crippen LogP contribution >= 0.6 is 0 Å². The third-order valence-electron chi connectivity index (χ3n) is 3.64. The van der Waals surface area contributed by atoms with Gasteiger partial charge in [-0.05, 0) is 18.6 Å². The van der Waals surface area contributed by atoms with E-state index in [9.17, 15) is 0 Å². The van der Waals surface area contributed by atoms with E-state index in [1.807, 2.05) is 61.5 Å². The van der Waals surface area contributed by atoms with Gasteiger partial charge in [0.25, 0.3) is 5.95 Å². The molecule has 0 aliphatic heterocycles. The van der Waals surface area contributed by atoms with Crippen molar-refractivity contribution in [1.29, 1.82) is 0 Å². The van der Waals surface area contributed by atoms with Gasteiger partial charge in [-0.25, -0.2) is 5.43 Å². The summed E-state index contributed by atoms with van der Waals surface area (Å²) in [4.78, 5) is 7.67. The highest BCUT2D eigenvalue weighted by molar-refractivity contribution is 6.03. The van der Waals surface area contributed by atoms with E-state index in [1.54, 1.807) is 0 Å². The molecule has 2 N–H and O–H groups in total. The Balaban J connectivity index is 1.66. The second-order valence-corrected chi connectivity index (χ2v) is 5.18. The zero-order chi connectivity index (χ0) is 15.6. The molecule has 0 bridgehead atoms. The predicted octanol–water partition coefficient (Wildman–Crippen LogP) is 3.34. The van der Waals surface area contributed by atoms with Gasteiger partial charge in [0, 0.05) is 10.9 Å². The van der Waals surface area contributed by atoms with Crippen LogP contribution in [0.3, 0.4) is 0 Å². The Morgan fingerprint density at radius 2 is 1.78 bits per heavy atom. The maximum Gasteiger partial charge on any atom is 0.265 e. The third-order valence-corrected chi connectivity index (χ3v) is 3.64. The van der Waals surface area contributed by atoms with Crippen LogP contribution in [-0.2, 0) is 0 Å². The average molecular weight is 302 g/mol. The van der Waals surface area contributed by atoms with Crippen molar-refractivity contribution in [3.63, 3.8) is 0 Å². The van der Waals surface area contributed by atoms with Gasteiger partial charge >= 0.3 is 0 Å². The summed E-state index contributed by atoms with van der Waals surface area (Å²) in [5, 5.41) is 13.7. The van der Waals surface area contributed by atoms with Crippen LogP contribution in [0.2, 0.25) is 0 Å². The van der Waals surface area contributed by atoms with E-state index in [0.29, 0.717) is 11.6 Å². The zero-order valence-corrected chi connectivity index (χ0v) is 12.5. The molecule has 0 amide bonds. The van der Waals surface area contributed by atoms with Crippen molar-refractivity contribution >= 4 is 33.7 Å². The number of rotatable bonds is 3. The fourth-order valence-electron chi connectivity index (χ4n) is 2.45. The van der Waals surface area contributed by atoms with Crippen LogP contribution in [-0.4, -0.2) is 25.9 Å².